The van der Waals surface area contributed by atoms with E-state index in [1.807, 2.05) is 44.2 Å². The lowest BCUT2D eigenvalue weighted by molar-refractivity contribution is 0.0722. The van der Waals surface area contributed by atoms with E-state index in [-0.39, 0.29) is 5.91 Å². The number of aromatic nitrogens is 1. The first-order valence-electron chi connectivity index (χ1n) is 7.41. The molecule has 0 unspecified atom stereocenters. The van der Waals surface area contributed by atoms with Crippen LogP contribution in [0.1, 0.15) is 31.4 Å². The Hall–Kier alpha value is -2.40. The third-order valence-corrected chi connectivity index (χ3v) is 4.83. The normalized spacial score (nSPS) is 10.7. The Morgan fingerprint density at radius 1 is 1.26 bits per heavy atom. The van der Waals surface area contributed by atoms with Gasteiger partial charge in [0.25, 0.3) is 5.91 Å². The fourth-order valence-corrected chi connectivity index (χ4v) is 3.34. The highest BCUT2D eigenvalue weighted by atomic mass is 32.1. The molecule has 23 heavy (non-hydrogen) atoms. The van der Waals surface area contributed by atoms with Gasteiger partial charge in [0, 0.05) is 23.8 Å². The standard InChI is InChI=1S/C18H18N2O2S/c1-13-9-17(23-14(13)2)18(21)20(12-16-6-4-8-22-16)11-15-5-3-7-19-10-15/h3-10H,11-12H2,1-2H3. The monoisotopic (exact) mass is 326 g/mol. The van der Waals surface area contributed by atoms with Gasteiger partial charge in [-0.25, -0.2) is 0 Å². The van der Waals surface area contributed by atoms with Crippen LogP contribution in [0.15, 0.2) is 53.4 Å². The van der Waals surface area contributed by atoms with Crippen molar-refractivity contribution in [2.75, 3.05) is 0 Å². The van der Waals surface area contributed by atoms with E-state index >= 15 is 0 Å². The molecule has 118 valence electrons. The van der Waals surface area contributed by atoms with E-state index in [2.05, 4.69) is 4.98 Å². The van der Waals surface area contributed by atoms with Gasteiger partial charge in [-0.1, -0.05) is 6.07 Å². The molecule has 0 N–H and O–H groups in total. The van der Waals surface area contributed by atoms with Crippen molar-refractivity contribution < 1.29 is 9.21 Å². The maximum Gasteiger partial charge on any atom is 0.264 e. The molecular weight excluding hydrogens is 308 g/mol. The Morgan fingerprint density at radius 2 is 2.13 bits per heavy atom. The van der Waals surface area contributed by atoms with Gasteiger partial charge in [0.1, 0.15) is 5.76 Å². The van der Waals surface area contributed by atoms with Crippen molar-refractivity contribution in [2.45, 2.75) is 26.9 Å². The Labute approximate surface area is 139 Å². The minimum Gasteiger partial charge on any atom is -0.467 e. The van der Waals surface area contributed by atoms with Crippen LogP contribution in [-0.4, -0.2) is 15.8 Å². The van der Waals surface area contributed by atoms with E-state index in [0.717, 1.165) is 21.8 Å². The van der Waals surface area contributed by atoms with Crippen molar-refractivity contribution >= 4 is 17.2 Å². The van der Waals surface area contributed by atoms with Crippen molar-refractivity contribution in [1.82, 2.24) is 9.88 Å². The molecule has 0 aliphatic carbocycles. The Bertz CT molecular complexity index is 759. The van der Waals surface area contributed by atoms with Gasteiger partial charge in [-0.05, 0) is 49.2 Å². The molecule has 5 heteroatoms. The Kier molecular flexibility index (Phi) is 4.57. The molecule has 0 saturated carbocycles. The zero-order valence-corrected chi connectivity index (χ0v) is 14.0. The van der Waals surface area contributed by atoms with Crippen LogP contribution in [0.5, 0.6) is 0 Å². The van der Waals surface area contributed by atoms with E-state index in [1.54, 1.807) is 23.6 Å². The summed E-state index contributed by atoms with van der Waals surface area (Å²) in [6, 6.07) is 9.53. The van der Waals surface area contributed by atoms with E-state index < -0.39 is 0 Å². The Balaban J connectivity index is 1.85. The molecule has 0 bridgehead atoms. The summed E-state index contributed by atoms with van der Waals surface area (Å²) in [5.41, 5.74) is 2.15. The third kappa shape index (κ3) is 3.68. The van der Waals surface area contributed by atoms with Crippen LogP contribution in [0.3, 0.4) is 0 Å². The smallest absolute Gasteiger partial charge is 0.264 e. The van der Waals surface area contributed by atoms with Crippen molar-refractivity contribution in [1.29, 1.82) is 0 Å². The van der Waals surface area contributed by atoms with Crippen LogP contribution in [0.2, 0.25) is 0 Å². The second-order valence-corrected chi connectivity index (χ2v) is 6.71. The van der Waals surface area contributed by atoms with Gasteiger partial charge < -0.3 is 9.32 Å². The van der Waals surface area contributed by atoms with Gasteiger partial charge in [0.05, 0.1) is 17.7 Å². The lowest BCUT2D eigenvalue weighted by atomic mass is 10.2. The van der Waals surface area contributed by atoms with Gasteiger partial charge >= 0.3 is 0 Å². The molecule has 3 aromatic rings. The predicted molar refractivity (Wildman–Crippen MR) is 90.3 cm³/mol. The van der Waals surface area contributed by atoms with Crippen molar-refractivity contribution in [3.63, 3.8) is 0 Å². The molecular formula is C18H18N2O2S. The van der Waals surface area contributed by atoms with Crippen molar-refractivity contribution in [3.05, 3.63) is 75.6 Å². The number of hydrogen-bond acceptors (Lipinski definition) is 4. The van der Waals surface area contributed by atoms with E-state index in [4.69, 9.17) is 4.42 Å². The number of nitrogens with zero attached hydrogens (tertiary/aromatic N) is 2. The van der Waals surface area contributed by atoms with E-state index in [9.17, 15) is 4.79 Å². The molecule has 0 radical (unpaired) electrons. The van der Waals surface area contributed by atoms with Gasteiger partial charge in [-0.15, -0.1) is 11.3 Å². The second kappa shape index (κ2) is 6.79. The predicted octanol–water partition coefficient (Wildman–Crippen LogP) is 4.20. The third-order valence-electron chi connectivity index (χ3n) is 3.69. The fourth-order valence-electron chi connectivity index (χ4n) is 2.34. The summed E-state index contributed by atoms with van der Waals surface area (Å²) in [4.78, 5) is 20.8. The number of thiophene rings is 1. The van der Waals surface area contributed by atoms with E-state index in [0.29, 0.717) is 13.1 Å². The van der Waals surface area contributed by atoms with Crippen LogP contribution >= 0.6 is 11.3 Å². The zero-order valence-electron chi connectivity index (χ0n) is 13.2. The highest BCUT2D eigenvalue weighted by Crippen LogP contribution is 2.23. The number of amides is 1. The summed E-state index contributed by atoms with van der Waals surface area (Å²) in [7, 11) is 0. The molecule has 0 spiro atoms. The largest absolute Gasteiger partial charge is 0.467 e. The number of furan rings is 1. The fraction of sp³-hybridized carbons (Fsp3) is 0.222. The van der Waals surface area contributed by atoms with Gasteiger partial charge in [0.15, 0.2) is 0 Å². The van der Waals surface area contributed by atoms with Crippen LogP contribution in [0, 0.1) is 13.8 Å². The SMILES string of the molecule is Cc1cc(C(=O)N(Cc2cccnc2)Cc2ccco2)sc1C. The maximum atomic E-state index is 12.9. The van der Waals surface area contributed by atoms with Gasteiger partial charge in [0.2, 0.25) is 0 Å². The molecule has 0 atom stereocenters. The quantitative estimate of drug-likeness (QED) is 0.706. The van der Waals surface area contributed by atoms with Crippen molar-refractivity contribution in [3.8, 4) is 0 Å². The molecule has 0 aliphatic rings. The summed E-state index contributed by atoms with van der Waals surface area (Å²) in [5.74, 6) is 0.790. The highest BCUT2D eigenvalue weighted by Gasteiger charge is 2.20. The second-order valence-electron chi connectivity index (χ2n) is 5.45. The molecule has 0 aromatic carbocycles. The maximum absolute atomic E-state index is 12.9. The summed E-state index contributed by atoms with van der Waals surface area (Å²) in [6.45, 7) is 5.01. The summed E-state index contributed by atoms with van der Waals surface area (Å²) in [5, 5.41) is 0. The van der Waals surface area contributed by atoms with Crippen LogP contribution in [0.25, 0.3) is 0 Å². The number of rotatable bonds is 5. The Morgan fingerprint density at radius 3 is 2.74 bits per heavy atom. The first-order valence-corrected chi connectivity index (χ1v) is 8.22. The van der Waals surface area contributed by atoms with Crippen LogP contribution in [-0.2, 0) is 13.1 Å². The molecule has 4 nitrogen and oxygen atoms in total. The number of carbonyl (C=O) groups is 1. The van der Waals surface area contributed by atoms with Gasteiger partial charge in [-0.3, -0.25) is 9.78 Å². The number of carbonyl (C=O) groups excluding carboxylic acids is 1. The summed E-state index contributed by atoms with van der Waals surface area (Å²) < 4.78 is 5.41. The molecule has 3 rings (SSSR count). The minimum atomic E-state index is 0.0199. The van der Waals surface area contributed by atoms with Gasteiger partial charge in [-0.2, -0.15) is 0 Å². The lowest BCUT2D eigenvalue weighted by Gasteiger charge is -2.21. The molecule has 3 aromatic heterocycles. The number of aryl methyl sites for hydroxylation is 2. The average molecular weight is 326 g/mol. The number of pyridine rings is 1. The average Bonchev–Trinajstić information content (AvgIpc) is 3.17. The lowest BCUT2D eigenvalue weighted by Crippen LogP contribution is -2.29. The molecule has 0 fully saturated rings. The topological polar surface area (TPSA) is 46.3 Å². The number of hydrogen-bond donors (Lipinski definition) is 0. The van der Waals surface area contributed by atoms with Crippen LogP contribution in [0.4, 0.5) is 0 Å². The molecule has 0 saturated heterocycles. The zero-order chi connectivity index (χ0) is 16.2. The van der Waals surface area contributed by atoms with E-state index in [1.165, 1.54) is 16.2 Å². The molecule has 3 heterocycles. The molecule has 0 aliphatic heterocycles. The minimum absolute atomic E-state index is 0.0199. The summed E-state index contributed by atoms with van der Waals surface area (Å²) >= 11 is 1.54. The molecule has 1 amide bonds. The first kappa shape index (κ1) is 15.5. The highest BCUT2D eigenvalue weighted by molar-refractivity contribution is 7.14. The summed E-state index contributed by atoms with van der Waals surface area (Å²) in [6.07, 6.45) is 5.14. The van der Waals surface area contributed by atoms with Crippen LogP contribution < -0.4 is 0 Å². The first-order chi connectivity index (χ1) is 11.1. The van der Waals surface area contributed by atoms with Crippen molar-refractivity contribution in [2.24, 2.45) is 0 Å².